The fourth-order valence-corrected chi connectivity index (χ4v) is 3.61. The van der Waals surface area contributed by atoms with Crippen molar-refractivity contribution in [1.29, 1.82) is 0 Å². The van der Waals surface area contributed by atoms with Crippen molar-refractivity contribution in [2.45, 2.75) is 58.0 Å². The number of hydrogen-bond donors (Lipinski definition) is 2. The van der Waals surface area contributed by atoms with Crippen molar-refractivity contribution in [2.24, 2.45) is 17.6 Å². The third kappa shape index (κ3) is 3.93. The number of likely N-dealkylation sites (tertiary alicyclic amines) is 1. The van der Waals surface area contributed by atoms with Crippen LogP contribution in [0, 0.1) is 11.8 Å². The molecule has 19 heavy (non-hydrogen) atoms. The Morgan fingerprint density at radius 1 is 1.32 bits per heavy atom. The Kier molecular flexibility index (Phi) is 4.51. The highest BCUT2D eigenvalue weighted by Gasteiger charge is 2.38. The number of nitrogens with two attached hydrogens (primary N) is 1. The summed E-state index contributed by atoms with van der Waals surface area (Å²) in [6.45, 7) is 8.93. The van der Waals surface area contributed by atoms with E-state index in [4.69, 9.17) is 5.73 Å². The van der Waals surface area contributed by atoms with Gasteiger partial charge in [-0.25, -0.2) is 0 Å². The number of nitrogens with one attached hydrogen (secondary N) is 1. The highest BCUT2D eigenvalue weighted by molar-refractivity contribution is 5.77. The fourth-order valence-electron chi connectivity index (χ4n) is 3.61. The van der Waals surface area contributed by atoms with Gasteiger partial charge in [-0.3, -0.25) is 9.69 Å². The van der Waals surface area contributed by atoms with Gasteiger partial charge >= 0.3 is 0 Å². The van der Waals surface area contributed by atoms with Crippen LogP contribution in [0.25, 0.3) is 0 Å². The van der Waals surface area contributed by atoms with Gasteiger partial charge in [0.15, 0.2) is 0 Å². The van der Waals surface area contributed by atoms with E-state index in [2.05, 4.69) is 10.2 Å². The summed E-state index contributed by atoms with van der Waals surface area (Å²) >= 11 is 0. The minimum Gasteiger partial charge on any atom is -0.351 e. The summed E-state index contributed by atoms with van der Waals surface area (Å²) in [4.78, 5) is 14.5. The van der Waals surface area contributed by atoms with E-state index in [-0.39, 0.29) is 17.5 Å². The van der Waals surface area contributed by atoms with Crippen molar-refractivity contribution in [3.8, 4) is 0 Å². The molecule has 1 heterocycles. The number of fused-ring (bicyclic) bond motifs is 1. The molecule has 4 nitrogen and oxygen atoms in total. The molecule has 1 saturated carbocycles. The summed E-state index contributed by atoms with van der Waals surface area (Å²) in [6.07, 6.45) is 4.66. The van der Waals surface area contributed by atoms with Crippen LogP contribution in [-0.4, -0.2) is 42.0 Å². The maximum Gasteiger partial charge on any atom is 0.222 e. The van der Waals surface area contributed by atoms with Gasteiger partial charge in [0.25, 0.3) is 0 Å². The Morgan fingerprint density at radius 3 is 2.37 bits per heavy atom. The van der Waals surface area contributed by atoms with Gasteiger partial charge in [0.05, 0.1) is 0 Å². The van der Waals surface area contributed by atoms with Gasteiger partial charge in [-0.1, -0.05) is 6.42 Å². The number of hydrogen-bond acceptors (Lipinski definition) is 3. The van der Waals surface area contributed by atoms with Crippen LogP contribution in [0.4, 0.5) is 0 Å². The van der Waals surface area contributed by atoms with Crippen LogP contribution in [0.15, 0.2) is 0 Å². The molecule has 3 unspecified atom stereocenters. The van der Waals surface area contributed by atoms with Crippen molar-refractivity contribution < 1.29 is 4.79 Å². The fraction of sp³-hybridized carbons (Fsp3) is 0.933. The molecule has 2 aliphatic rings. The standard InChI is InChI=1S/C15H29N3O/c1-15(2,3)17-14(19)7-13(8-16)18-9-11-5-4-6-12(11)10-18/h11-13H,4-10,16H2,1-3H3,(H,17,19). The minimum absolute atomic E-state index is 0.125. The summed E-state index contributed by atoms with van der Waals surface area (Å²) < 4.78 is 0. The van der Waals surface area contributed by atoms with Crippen molar-refractivity contribution in [3.05, 3.63) is 0 Å². The maximum absolute atomic E-state index is 12.0. The van der Waals surface area contributed by atoms with Crippen LogP contribution in [0.2, 0.25) is 0 Å². The molecule has 0 aromatic carbocycles. The lowest BCUT2D eigenvalue weighted by Crippen LogP contribution is -2.47. The van der Waals surface area contributed by atoms with Crippen molar-refractivity contribution in [3.63, 3.8) is 0 Å². The van der Waals surface area contributed by atoms with Gasteiger partial charge < -0.3 is 11.1 Å². The molecule has 4 heteroatoms. The highest BCUT2D eigenvalue weighted by Crippen LogP contribution is 2.38. The first kappa shape index (κ1) is 14.8. The lowest BCUT2D eigenvalue weighted by molar-refractivity contribution is -0.123. The molecule has 110 valence electrons. The summed E-state index contributed by atoms with van der Waals surface area (Å²) in [5.74, 6) is 1.85. The summed E-state index contributed by atoms with van der Waals surface area (Å²) in [5.41, 5.74) is 5.74. The zero-order chi connectivity index (χ0) is 14.0. The van der Waals surface area contributed by atoms with Crippen molar-refractivity contribution in [2.75, 3.05) is 19.6 Å². The second kappa shape index (κ2) is 5.80. The van der Waals surface area contributed by atoms with E-state index in [1.165, 1.54) is 19.3 Å². The molecule has 1 aliphatic carbocycles. The van der Waals surface area contributed by atoms with E-state index in [0.29, 0.717) is 13.0 Å². The van der Waals surface area contributed by atoms with Gasteiger partial charge in [-0.2, -0.15) is 0 Å². The molecule has 2 rings (SSSR count). The molecule has 0 radical (unpaired) electrons. The molecule has 1 aliphatic heterocycles. The normalized spacial score (nSPS) is 29.3. The van der Waals surface area contributed by atoms with Gasteiger partial charge in [-0.15, -0.1) is 0 Å². The second-order valence-electron chi connectivity index (χ2n) is 7.30. The van der Waals surface area contributed by atoms with Gasteiger partial charge in [0.1, 0.15) is 0 Å². The average molecular weight is 267 g/mol. The summed E-state index contributed by atoms with van der Waals surface area (Å²) in [6, 6.07) is 0.216. The summed E-state index contributed by atoms with van der Waals surface area (Å²) in [5, 5.41) is 3.04. The zero-order valence-electron chi connectivity index (χ0n) is 12.6. The third-order valence-electron chi connectivity index (χ3n) is 4.48. The van der Waals surface area contributed by atoms with Crippen LogP contribution < -0.4 is 11.1 Å². The molecule has 0 aromatic rings. The van der Waals surface area contributed by atoms with Crippen LogP contribution in [0.3, 0.4) is 0 Å². The lowest BCUT2D eigenvalue weighted by Gasteiger charge is -2.28. The molecule has 0 bridgehead atoms. The zero-order valence-corrected chi connectivity index (χ0v) is 12.6. The predicted molar refractivity (Wildman–Crippen MR) is 77.8 cm³/mol. The molecule has 0 aromatic heterocycles. The molecular formula is C15H29N3O. The largest absolute Gasteiger partial charge is 0.351 e. The highest BCUT2D eigenvalue weighted by atomic mass is 16.1. The quantitative estimate of drug-likeness (QED) is 0.808. The lowest BCUT2D eigenvalue weighted by atomic mass is 10.0. The van der Waals surface area contributed by atoms with Crippen LogP contribution in [0.5, 0.6) is 0 Å². The first-order valence-corrected chi connectivity index (χ1v) is 7.64. The molecule has 0 spiro atoms. The minimum atomic E-state index is -0.155. The van der Waals surface area contributed by atoms with E-state index in [9.17, 15) is 4.79 Å². The Morgan fingerprint density at radius 2 is 1.89 bits per heavy atom. The van der Waals surface area contributed by atoms with Crippen LogP contribution in [-0.2, 0) is 4.79 Å². The first-order valence-electron chi connectivity index (χ1n) is 7.64. The van der Waals surface area contributed by atoms with E-state index in [1.54, 1.807) is 0 Å². The molecule has 1 saturated heterocycles. The molecule has 3 atom stereocenters. The number of carbonyl (C=O) groups excluding carboxylic acids is 1. The topological polar surface area (TPSA) is 58.4 Å². The molecule has 2 fully saturated rings. The number of carbonyl (C=O) groups is 1. The van der Waals surface area contributed by atoms with Crippen LogP contribution >= 0.6 is 0 Å². The van der Waals surface area contributed by atoms with Crippen molar-refractivity contribution >= 4 is 5.91 Å². The third-order valence-corrected chi connectivity index (χ3v) is 4.48. The first-order chi connectivity index (χ1) is 8.89. The molecule has 1 amide bonds. The maximum atomic E-state index is 12.0. The monoisotopic (exact) mass is 267 g/mol. The predicted octanol–water partition coefficient (Wildman–Crippen LogP) is 1.35. The Balaban J connectivity index is 1.85. The van der Waals surface area contributed by atoms with E-state index >= 15 is 0 Å². The SMILES string of the molecule is CC(C)(C)NC(=O)CC(CN)N1CC2CCCC2C1. The van der Waals surface area contributed by atoms with Gasteiger partial charge in [0.2, 0.25) is 5.91 Å². The summed E-state index contributed by atoms with van der Waals surface area (Å²) in [7, 11) is 0. The number of amides is 1. The number of nitrogens with zero attached hydrogens (tertiary/aromatic N) is 1. The van der Waals surface area contributed by atoms with E-state index in [0.717, 1.165) is 24.9 Å². The number of rotatable bonds is 4. The Labute approximate surface area is 117 Å². The van der Waals surface area contributed by atoms with Gasteiger partial charge in [0, 0.05) is 37.6 Å². The average Bonchev–Trinajstić information content (AvgIpc) is 2.82. The van der Waals surface area contributed by atoms with Crippen molar-refractivity contribution in [1.82, 2.24) is 10.2 Å². The Hall–Kier alpha value is -0.610. The molecular weight excluding hydrogens is 238 g/mol. The van der Waals surface area contributed by atoms with E-state index in [1.807, 2.05) is 20.8 Å². The van der Waals surface area contributed by atoms with E-state index < -0.39 is 0 Å². The smallest absolute Gasteiger partial charge is 0.222 e. The van der Waals surface area contributed by atoms with Crippen LogP contribution in [0.1, 0.15) is 46.5 Å². The second-order valence-corrected chi connectivity index (χ2v) is 7.30. The molecule has 3 N–H and O–H groups in total. The van der Waals surface area contributed by atoms with Gasteiger partial charge in [-0.05, 0) is 45.4 Å². The Bertz CT molecular complexity index is 312.